The molecular weight excluding hydrogens is 938 g/mol. The number of para-hydroxylation sites is 1. The lowest BCUT2D eigenvalue weighted by Crippen LogP contribution is -2.58. The summed E-state index contributed by atoms with van der Waals surface area (Å²) >= 11 is 1.56. The fraction of sp³-hybridized carbons (Fsp3) is 0.509. The van der Waals surface area contributed by atoms with Gasteiger partial charge in [0.15, 0.2) is 0 Å². The molecule has 2 aliphatic heterocycles. The van der Waals surface area contributed by atoms with Crippen molar-refractivity contribution in [2.75, 3.05) is 59.3 Å². The lowest BCUT2D eigenvalue weighted by Gasteiger charge is -2.43. The molecular formula is C53H67F3N6O8S. The number of thiazole rings is 1. The van der Waals surface area contributed by atoms with Crippen LogP contribution in [0.5, 0.6) is 5.75 Å². The van der Waals surface area contributed by atoms with Crippen LogP contribution in [0.4, 0.5) is 13.2 Å². The number of hydrogen-bond acceptors (Lipinski definition) is 11. The number of nitrogens with one attached hydrogen (secondary N) is 3. The number of hydrogen-bond donors (Lipinski definition) is 4. The van der Waals surface area contributed by atoms with E-state index in [1.54, 1.807) is 37.6 Å². The number of halogens is 3. The van der Waals surface area contributed by atoms with E-state index < -0.39 is 64.7 Å². The van der Waals surface area contributed by atoms with Crippen molar-refractivity contribution in [3.63, 3.8) is 0 Å². The second-order valence-electron chi connectivity index (χ2n) is 20.2. The number of carbonyl (C=O) groups is 3. The monoisotopic (exact) mass is 1000 g/mol. The van der Waals surface area contributed by atoms with E-state index in [2.05, 4.69) is 20.6 Å². The number of fused-ring (bicyclic) bond motifs is 3. The van der Waals surface area contributed by atoms with Crippen LogP contribution in [0, 0.1) is 24.0 Å². The highest BCUT2D eigenvalue weighted by Gasteiger charge is 2.45. The number of amides is 3. The van der Waals surface area contributed by atoms with Crippen molar-refractivity contribution in [2.45, 2.75) is 110 Å². The van der Waals surface area contributed by atoms with E-state index in [0.717, 1.165) is 50.3 Å². The summed E-state index contributed by atoms with van der Waals surface area (Å²) in [4.78, 5) is 52.7. The van der Waals surface area contributed by atoms with E-state index in [1.165, 1.54) is 18.7 Å². The molecule has 6 atom stereocenters. The fourth-order valence-electron chi connectivity index (χ4n) is 9.45. The first-order valence-electron chi connectivity index (χ1n) is 24.2. The SMILES string of the molecule is Cc1ncsc1-c1ccc(C(C)NC(=O)[C@@H]2C[C@@H](O)CN2C(=O)C(NC(=O)COCCOCCOCCOc2cc(F)c([C@@H]3c4[nH]c5ccccc5c4C[C@@H](C)N3CC(C)(C)F)c(F)c2)C(C)(C)C)cc1. The number of ether oxygens (including phenoxy) is 4. The fourth-order valence-corrected chi connectivity index (χ4v) is 10.3. The zero-order chi connectivity index (χ0) is 51.2. The molecule has 2 aliphatic rings. The number of benzene rings is 3. The molecule has 18 heteroatoms. The number of aliphatic hydroxyl groups is 1. The minimum absolute atomic E-state index is 0.00530. The van der Waals surface area contributed by atoms with Gasteiger partial charge < -0.3 is 44.6 Å². The van der Waals surface area contributed by atoms with E-state index in [4.69, 9.17) is 18.9 Å². The molecule has 14 nitrogen and oxygen atoms in total. The summed E-state index contributed by atoms with van der Waals surface area (Å²) in [5.41, 5.74) is 4.60. The highest BCUT2D eigenvalue weighted by molar-refractivity contribution is 7.13. The maximum atomic E-state index is 16.0. The number of carbonyl (C=O) groups excluding carboxylic acids is 3. The summed E-state index contributed by atoms with van der Waals surface area (Å²) in [7, 11) is 0. The van der Waals surface area contributed by atoms with Gasteiger partial charge in [0, 0.05) is 59.8 Å². The molecule has 71 heavy (non-hydrogen) atoms. The van der Waals surface area contributed by atoms with Gasteiger partial charge in [0.1, 0.15) is 48.4 Å². The molecule has 2 aromatic heterocycles. The molecule has 7 rings (SSSR count). The zero-order valence-electron chi connectivity index (χ0n) is 41.8. The van der Waals surface area contributed by atoms with Crippen LogP contribution in [-0.4, -0.2) is 132 Å². The van der Waals surface area contributed by atoms with Gasteiger partial charge in [-0.05, 0) is 69.2 Å². The Hall–Kier alpha value is -5.37. The van der Waals surface area contributed by atoms with Gasteiger partial charge in [0.2, 0.25) is 17.7 Å². The number of aromatic nitrogens is 2. The smallest absolute Gasteiger partial charge is 0.246 e. The van der Waals surface area contributed by atoms with Crippen molar-refractivity contribution < 1.29 is 51.6 Å². The summed E-state index contributed by atoms with van der Waals surface area (Å²) in [6.45, 7) is 14.4. The molecule has 0 saturated carbocycles. The summed E-state index contributed by atoms with van der Waals surface area (Å²) in [6.07, 6.45) is -0.243. The van der Waals surface area contributed by atoms with E-state index in [0.29, 0.717) is 12.1 Å². The molecule has 384 valence electrons. The number of H-pyrrole nitrogens is 1. The van der Waals surface area contributed by atoms with Crippen molar-refractivity contribution in [3.05, 3.63) is 106 Å². The van der Waals surface area contributed by atoms with Crippen molar-refractivity contribution in [1.82, 2.24) is 30.4 Å². The molecule has 3 aromatic carbocycles. The van der Waals surface area contributed by atoms with Crippen molar-refractivity contribution in [3.8, 4) is 16.2 Å². The predicted octanol–water partition coefficient (Wildman–Crippen LogP) is 7.76. The van der Waals surface area contributed by atoms with E-state index in [9.17, 15) is 19.5 Å². The lowest BCUT2D eigenvalue weighted by atomic mass is 9.85. The first kappa shape index (κ1) is 53.4. The number of aliphatic hydroxyl groups excluding tert-OH is 1. The highest BCUT2D eigenvalue weighted by Crippen LogP contribution is 2.44. The van der Waals surface area contributed by atoms with Gasteiger partial charge in [-0.3, -0.25) is 19.3 Å². The number of rotatable bonds is 21. The van der Waals surface area contributed by atoms with E-state index in [1.807, 2.05) is 74.2 Å². The largest absolute Gasteiger partial charge is 0.491 e. The molecule has 4 N–H and O–H groups in total. The van der Waals surface area contributed by atoms with E-state index >= 15 is 13.2 Å². The zero-order valence-corrected chi connectivity index (χ0v) is 42.6. The maximum Gasteiger partial charge on any atom is 0.246 e. The minimum Gasteiger partial charge on any atom is -0.491 e. The summed E-state index contributed by atoms with van der Waals surface area (Å²) < 4.78 is 69.5. The van der Waals surface area contributed by atoms with Gasteiger partial charge in [-0.15, -0.1) is 11.3 Å². The third-order valence-electron chi connectivity index (χ3n) is 12.9. The molecule has 3 amide bonds. The van der Waals surface area contributed by atoms with Crippen molar-refractivity contribution in [1.29, 1.82) is 0 Å². The topological polar surface area (TPSA) is 168 Å². The Morgan fingerprint density at radius 1 is 0.930 bits per heavy atom. The third kappa shape index (κ3) is 13.2. The Morgan fingerprint density at radius 2 is 1.58 bits per heavy atom. The van der Waals surface area contributed by atoms with Crippen LogP contribution in [0.15, 0.2) is 66.2 Å². The van der Waals surface area contributed by atoms with Crippen molar-refractivity contribution in [2.24, 2.45) is 5.41 Å². The van der Waals surface area contributed by atoms with Gasteiger partial charge in [-0.2, -0.15) is 0 Å². The minimum atomic E-state index is -1.61. The van der Waals surface area contributed by atoms with Crippen LogP contribution in [0.2, 0.25) is 0 Å². The number of alkyl halides is 1. The molecule has 0 bridgehead atoms. The van der Waals surface area contributed by atoms with Crippen LogP contribution < -0.4 is 15.4 Å². The number of nitrogens with zero attached hydrogens (tertiary/aromatic N) is 3. The van der Waals surface area contributed by atoms with Gasteiger partial charge in [-0.1, -0.05) is 63.2 Å². The van der Waals surface area contributed by atoms with Crippen LogP contribution in [-0.2, 0) is 35.0 Å². The molecule has 1 saturated heterocycles. The van der Waals surface area contributed by atoms with Gasteiger partial charge in [0.05, 0.1) is 67.3 Å². The van der Waals surface area contributed by atoms with Crippen LogP contribution in [0.3, 0.4) is 0 Å². The Labute approximate surface area is 417 Å². The normalized spacial score (nSPS) is 19.4. The number of aryl methyl sites for hydroxylation is 1. The molecule has 1 fully saturated rings. The maximum absolute atomic E-state index is 16.0. The highest BCUT2D eigenvalue weighted by atomic mass is 32.1. The van der Waals surface area contributed by atoms with Gasteiger partial charge in [-0.25, -0.2) is 18.2 Å². The molecule has 0 aliphatic carbocycles. The Bertz CT molecular complexity index is 2610. The molecule has 0 spiro atoms. The lowest BCUT2D eigenvalue weighted by molar-refractivity contribution is -0.144. The number of aromatic amines is 1. The van der Waals surface area contributed by atoms with Gasteiger partial charge in [0.25, 0.3) is 0 Å². The first-order valence-corrected chi connectivity index (χ1v) is 25.1. The average molecular weight is 1010 g/mol. The van der Waals surface area contributed by atoms with Crippen LogP contribution in [0.25, 0.3) is 21.3 Å². The Balaban J connectivity index is 0.815. The summed E-state index contributed by atoms with van der Waals surface area (Å²) in [6, 6.07) is 14.5. The standard InChI is InChI=1S/C53H67F3N6O8S/c1-31-23-39-38-11-9-10-12-42(38)59-46(39)47(62(31)29-53(7,8)56)45-40(54)25-37(26-41(45)55)70-22-21-68-18-17-67-19-20-69-28-44(64)60-49(52(4,5)6)51(66)61-27-36(63)24-43(61)50(65)58-32(2)34-13-15-35(16-14-34)48-33(3)57-30-71-48/h9-16,25-26,30-32,36,43,47,49,59,63H,17-24,27-29H2,1-8H3,(H,58,65)(H,60,64)/t31-,32?,36-,43+,47-,49?/m1/s1. The quantitative estimate of drug-likeness (QED) is 0.0534. The average Bonchev–Trinajstić information content (AvgIpc) is 4.03. The Morgan fingerprint density at radius 3 is 2.21 bits per heavy atom. The molecule has 2 unspecified atom stereocenters. The Kier molecular flexibility index (Phi) is 17.3. The van der Waals surface area contributed by atoms with Gasteiger partial charge >= 0.3 is 0 Å². The summed E-state index contributed by atoms with van der Waals surface area (Å²) in [5.74, 6) is -3.01. The molecule has 4 heterocycles. The van der Waals surface area contributed by atoms with E-state index in [-0.39, 0.29) is 89.2 Å². The number of likely N-dealkylation sites (tertiary alicyclic amines) is 1. The second kappa shape index (κ2) is 23.0. The molecule has 0 radical (unpaired) electrons. The van der Waals surface area contributed by atoms with Crippen LogP contribution in [0.1, 0.15) is 95.0 Å². The van der Waals surface area contributed by atoms with Crippen LogP contribution >= 0.6 is 11.3 Å². The number of β-amino-alcohol motifs (C(OH)–C–C–N with tert-alkyl or cyclic N) is 1. The second-order valence-corrected chi connectivity index (χ2v) is 21.1. The van der Waals surface area contributed by atoms with Crippen molar-refractivity contribution >= 4 is 40.0 Å². The summed E-state index contributed by atoms with van der Waals surface area (Å²) in [5, 5.41) is 17.4. The first-order chi connectivity index (χ1) is 33.7. The predicted molar refractivity (Wildman–Crippen MR) is 266 cm³/mol. The third-order valence-corrected chi connectivity index (χ3v) is 13.9. The molecule has 5 aromatic rings.